The first kappa shape index (κ1) is 23.3. The van der Waals surface area contributed by atoms with Crippen LogP contribution in [0.4, 0.5) is 17.1 Å². The fraction of sp³-hybridized carbons (Fsp3) is 0.440. The van der Waals surface area contributed by atoms with Crippen LogP contribution in [0.15, 0.2) is 41.3 Å². The van der Waals surface area contributed by atoms with Gasteiger partial charge in [0.2, 0.25) is 11.8 Å². The quantitative estimate of drug-likeness (QED) is 0.670. The zero-order valence-corrected chi connectivity index (χ0v) is 20.4. The van der Waals surface area contributed by atoms with Crippen molar-refractivity contribution in [3.8, 4) is 0 Å². The van der Waals surface area contributed by atoms with Crippen LogP contribution in [-0.4, -0.2) is 46.1 Å². The maximum atomic E-state index is 12.9. The predicted molar refractivity (Wildman–Crippen MR) is 131 cm³/mol. The van der Waals surface area contributed by atoms with Crippen LogP contribution in [0.3, 0.4) is 0 Å². The van der Waals surface area contributed by atoms with Crippen LogP contribution >= 0.6 is 0 Å². The molecule has 33 heavy (non-hydrogen) atoms. The second-order valence-electron chi connectivity index (χ2n) is 9.34. The molecule has 2 aromatic rings. The molecule has 0 radical (unpaired) electrons. The van der Waals surface area contributed by atoms with Crippen LogP contribution in [0.5, 0.6) is 0 Å². The van der Waals surface area contributed by atoms with Crippen molar-refractivity contribution in [3.05, 3.63) is 47.5 Å². The molecule has 7 nitrogen and oxygen atoms in total. The second kappa shape index (κ2) is 8.82. The molecule has 2 aliphatic rings. The summed E-state index contributed by atoms with van der Waals surface area (Å²) in [6, 6.07) is 10.6. The van der Waals surface area contributed by atoms with Crippen molar-refractivity contribution in [3.63, 3.8) is 0 Å². The number of anilines is 3. The Morgan fingerprint density at radius 1 is 1.12 bits per heavy atom. The molecule has 1 N–H and O–H groups in total. The maximum absolute atomic E-state index is 12.9. The van der Waals surface area contributed by atoms with Crippen molar-refractivity contribution in [1.82, 2.24) is 0 Å². The first-order valence-corrected chi connectivity index (χ1v) is 13.0. The van der Waals surface area contributed by atoms with Gasteiger partial charge in [-0.05, 0) is 74.6 Å². The highest BCUT2D eigenvalue weighted by atomic mass is 32.2. The largest absolute Gasteiger partial charge is 0.377 e. The molecule has 0 unspecified atom stereocenters. The zero-order valence-electron chi connectivity index (χ0n) is 19.6. The Morgan fingerprint density at radius 2 is 1.85 bits per heavy atom. The van der Waals surface area contributed by atoms with Crippen LogP contribution in [0.1, 0.15) is 37.3 Å². The molecule has 0 bridgehead atoms. The van der Waals surface area contributed by atoms with Gasteiger partial charge in [0.05, 0.1) is 10.6 Å². The number of hydrogen-bond donors (Lipinski definition) is 1. The van der Waals surface area contributed by atoms with Crippen LogP contribution in [-0.2, 0) is 25.8 Å². The summed E-state index contributed by atoms with van der Waals surface area (Å²) in [5.41, 5.74) is 4.40. The van der Waals surface area contributed by atoms with Crippen molar-refractivity contribution in [1.29, 1.82) is 0 Å². The van der Waals surface area contributed by atoms with E-state index in [-0.39, 0.29) is 40.8 Å². The third kappa shape index (κ3) is 4.90. The lowest BCUT2D eigenvalue weighted by atomic mass is 10.1. The van der Waals surface area contributed by atoms with Gasteiger partial charge in [0.25, 0.3) is 0 Å². The highest BCUT2D eigenvalue weighted by Gasteiger charge is 2.39. The number of nitrogens with zero attached hydrogens (tertiary/aromatic N) is 2. The third-order valence-electron chi connectivity index (χ3n) is 6.36. The number of carbonyl (C=O) groups excluding carboxylic acids is 2. The Bertz CT molecular complexity index is 1200. The summed E-state index contributed by atoms with van der Waals surface area (Å²) < 4.78 is 25.8. The number of fused-ring (bicyclic) bond motifs is 1. The number of carbonyl (C=O) groups is 2. The highest BCUT2D eigenvalue weighted by Crippen LogP contribution is 2.39. The van der Waals surface area contributed by atoms with E-state index in [1.165, 1.54) is 0 Å². The Hall–Kier alpha value is -2.87. The van der Waals surface area contributed by atoms with E-state index in [0.717, 1.165) is 35.3 Å². The van der Waals surface area contributed by atoms with E-state index in [0.29, 0.717) is 12.1 Å². The number of hydrogen-bond acceptors (Lipinski definition) is 5. The molecule has 1 atom stereocenters. The summed E-state index contributed by atoms with van der Waals surface area (Å²) in [5, 5.41) is 2.80. The van der Waals surface area contributed by atoms with Gasteiger partial charge < -0.3 is 15.1 Å². The van der Waals surface area contributed by atoms with E-state index in [9.17, 15) is 18.0 Å². The SMILES string of the molecule is Cc1ccc(NC(=O)CCS(=O)(=O)c2ccc3c(c2)C[C@@H](C)N3C(=O)C2CC2)cc1N(C)C. The normalized spacial score (nSPS) is 17.6. The Morgan fingerprint density at radius 3 is 2.52 bits per heavy atom. The topological polar surface area (TPSA) is 86.8 Å². The summed E-state index contributed by atoms with van der Waals surface area (Å²) in [5.74, 6) is -0.363. The molecule has 8 heteroatoms. The molecule has 1 heterocycles. The van der Waals surface area contributed by atoms with Crippen LogP contribution in [0.25, 0.3) is 0 Å². The molecule has 1 aliphatic carbocycles. The molecule has 2 aromatic carbocycles. The lowest BCUT2D eigenvalue weighted by Gasteiger charge is -2.22. The minimum Gasteiger partial charge on any atom is -0.377 e. The molecule has 1 aliphatic heterocycles. The van der Waals surface area contributed by atoms with Crippen molar-refractivity contribution in [2.45, 2.75) is 50.5 Å². The molecular weight excluding hydrogens is 438 g/mol. The van der Waals surface area contributed by atoms with Gasteiger partial charge in [0, 0.05) is 49.5 Å². The Kier molecular flexibility index (Phi) is 6.22. The fourth-order valence-electron chi connectivity index (χ4n) is 4.40. The van der Waals surface area contributed by atoms with E-state index in [4.69, 9.17) is 0 Å². The fourth-order valence-corrected chi connectivity index (χ4v) is 5.69. The predicted octanol–water partition coefficient (Wildman–Crippen LogP) is 3.55. The van der Waals surface area contributed by atoms with E-state index >= 15 is 0 Å². The Balaban J connectivity index is 1.42. The molecule has 1 saturated carbocycles. The molecule has 2 amide bonds. The summed E-state index contributed by atoms with van der Waals surface area (Å²) in [7, 11) is 0.230. The van der Waals surface area contributed by atoms with E-state index in [1.807, 2.05) is 55.9 Å². The van der Waals surface area contributed by atoms with Crippen molar-refractivity contribution < 1.29 is 18.0 Å². The number of benzene rings is 2. The average molecular weight is 470 g/mol. The van der Waals surface area contributed by atoms with Gasteiger partial charge in [-0.15, -0.1) is 0 Å². The summed E-state index contributed by atoms with van der Waals surface area (Å²) in [6.07, 6.45) is 2.38. The van der Waals surface area contributed by atoms with Gasteiger partial charge >= 0.3 is 0 Å². The van der Waals surface area contributed by atoms with Crippen molar-refractivity contribution in [2.75, 3.05) is 35.0 Å². The third-order valence-corrected chi connectivity index (χ3v) is 8.08. The van der Waals surface area contributed by atoms with Gasteiger partial charge in [-0.1, -0.05) is 6.07 Å². The number of nitrogens with one attached hydrogen (secondary N) is 1. The lowest BCUT2D eigenvalue weighted by Crippen LogP contribution is -2.36. The molecule has 0 saturated heterocycles. The summed E-state index contributed by atoms with van der Waals surface area (Å²) >= 11 is 0. The van der Waals surface area contributed by atoms with E-state index < -0.39 is 9.84 Å². The minimum absolute atomic E-state index is 0.0263. The molecule has 4 rings (SSSR count). The van der Waals surface area contributed by atoms with Gasteiger partial charge in [-0.3, -0.25) is 9.59 Å². The summed E-state index contributed by atoms with van der Waals surface area (Å²) in [4.78, 5) is 29.1. The Labute approximate surface area is 195 Å². The first-order chi connectivity index (χ1) is 15.6. The number of rotatable bonds is 7. The van der Waals surface area contributed by atoms with Crippen LogP contribution in [0, 0.1) is 12.8 Å². The monoisotopic (exact) mass is 469 g/mol. The first-order valence-electron chi connectivity index (χ1n) is 11.3. The smallest absolute Gasteiger partial charge is 0.230 e. The zero-order chi connectivity index (χ0) is 23.9. The number of sulfone groups is 1. The van der Waals surface area contributed by atoms with Crippen LogP contribution in [0.2, 0.25) is 0 Å². The standard InChI is InChI=1S/C25H31N3O4S/c1-16-5-8-20(15-23(16)27(3)4)26-24(29)11-12-33(31,32)21-9-10-22-19(14-21)13-17(2)28(22)25(30)18-6-7-18/h5,8-10,14-15,17-18H,6-7,11-13H2,1-4H3,(H,26,29)/t17-/m1/s1. The number of amides is 2. The van der Waals surface area contributed by atoms with Crippen molar-refractivity contribution in [2.24, 2.45) is 5.92 Å². The molecule has 1 fully saturated rings. The second-order valence-corrected chi connectivity index (χ2v) is 11.4. The minimum atomic E-state index is -3.63. The molecule has 176 valence electrons. The number of aryl methyl sites for hydroxylation is 1. The highest BCUT2D eigenvalue weighted by molar-refractivity contribution is 7.91. The molecular formula is C25H31N3O4S. The van der Waals surface area contributed by atoms with Gasteiger partial charge in [0.15, 0.2) is 9.84 Å². The maximum Gasteiger partial charge on any atom is 0.230 e. The lowest BCUT2D eigenvalue weighted by molar-refractivity contribution is -0.120. The van der Waals surface area contributed by atoms with Crippen molar-refractivity contribution >= 4 is 38.7 Å². The summed E-state index contributed by atoms with van der Waals surface area (Å²) in [6.45, 7) is 3.98. The van der Waals surface area contributed by atoms with Gasteiger partial charge in [-0.25, -0.2) is 8.42 Å². The van der Waals surface area contributed by atoms with Crippen LogP contribution < -0.4 is 15.1 Å². The molecule has 0 aromatic heterocycles. The molecule has 0 spiro atoms. The van der Waals surface area contributed by atoms with Gasteiger partial charge in [-0.2, -0.15) is 0 Å². The average Bonchev–Trinajstić information content (AvgIpc) is 3.55. The van der Waals surface area contributed by atoms with E-state index in [1.54, 1.807) is 18.2 Å². The van der Waals surface area contributed by atoms with Gasteiger partial charge in [0.1, 0.15) is 0 Å². The van der Waals surface area contributed by atoms with E-state index in [2.05, 4.69) is 5.32 Å².